The smallest absolute Gasteiger partial charge is 0.138 e. The number of hydrogen-bond donors (Lipinski definition) is 2. The second-order valence-corrected chi connectivity index (χ2v) is 6.66. The molecule has 0 heterocycles. The molecular weight excluding hydrogens is 396 g/mol. The molecule has 0 aromatic heterocycles. The molecule has 0 amide bonds. The number of nitrogens with one attached hydrogen (secondary N) is 2. The highest BCUT2D eigenvalue weighted by molar-refractivity contribution is 9.11. The quantitative estimate of drug-likeness (QED) is 0.645. The molecular formula is C16H18Br2N2O. The molecule has 2 rings (SSSR count). The van der Waals surface area contributed by atoms with Crippen molar-refractivity contribution in [3.63, 3.8) is 0 Å². The van der Waals surface area contributed by atoms with Crippen LogP contribution in [0.2, 0.25) is 0 Å². The van der Waals surface area contributed by atoms with Crippen molar-refractivity contribution in [2.45, 2.75) is 26.5 Å². The summed E-state index contributed by atoms with van der Waals surface area (Å²) in [5.74, 6) is 0.871. The van der Waals surface area contributed by atoms with Gasteiger partial charge in [0.1, 0.15) is 5.75 Å². The maximum atomic E-state index is 5.90. The third-order valence-electron chi connectivity index (χ3n) is 2.72. The van der Waals surface area contributed by atoms with Gasteiger partial charge in [0.25, 0.3) is 0 Å². The van der Waals surface area contributed by atoms with Crippen LogP contribution in [0.25, 0.3) is 0 Å². The van der Waals surface area contributed by atoms with E-state index in [4.69, 9.17) is 4.74 Å². The summed E-state index contributed by atoms with van der Waals surface area (Å²) in [4.78, 5) is 0. The molecule has 0 aliphatic rings. The van der Waals surface area contributed by atoms with Gasteiger partial charge >= 0.3 is 0 Å². The minimum atomic E-state index is 0.128. The number of anilines is 1. The van der Waals surface area contributed by atoms with Crippen LogP contribution in [-0.2, 0) is 6.54 Å². The minimum absolute atomic E-state index is 0.128. The second-order valence-electron chi connectivity index (χ2n) is 4.89. The zero-order valence-corrected chi connectivity index (χ0v) is 15.2. The first-order chi connectivity index (χ1) is 10.1. The van der Waals surface area contributed by atoms with E-state index in [1.165, 1.54) is 0 Å². The molecule has 0 aliphatic heterocycles. The Labute approximate surface area is 142 Å². The number of ether oxygens (including phenoxy) is 1. The topological polar surface area (TPSA) is 33.3 Å². The van der Waals surface area contributed by atoms with E-state index < -0.39 is 0 Å². The second kappa shape index (κ2) is 7.82. The highest BCUT2D eigenvalue weighted by Crippen LogP contribution is 2.33. The van der Waals surface area contributed by atoms with E-state index in [0.717, 1.165) is 25.9 Å². The Hall–Kier alpha value is -1.04. The lowest BCUT2D eigenvalue weighted by Gasteiger charge is -2.17. The van der Waals surface area contributed by atoms with Gasteiger partial charge < -0.3 is 10.2 Å². The number of benzene rings is 2. The Morgan fingerprint density at radius 3 is 2.48 bits per heavy atom. The third kappa shape index (κ3) is 5.02. The fourth-order valence-electron chi connectivity index (χ4n) is 1.88. The number of halogens is 2. The highest BCUT2D eigenvalue weighted by atomic mass is 79.9. The molecule has 2 N–H and O–H groups in total. The third-order valence-corrected chi connectivity index (χ3v) is 3.77. The van der Waals surface area contributed by atoms with Gasteiger partial charge in [-0.1, -0.05) is 34.1 Å². The first kappa shape index (κ1) is 16.3. The van der Waals surface area contributed by atoms with Crippen molar-refractivity contribution in [2.24, 2.45) is 0 Å². The summed E-state index contributed by atoms with van der Waals surface area (Å²) in [5.41, 5.74) is 8.49. The van der Waals surface area contributed by atoms with Crippen LogP contribution in [0, 0.1) is 0 Å². The van der Waals surface area contributed by atoms with E-state index in [-0.39, 0.29) is 6.10 Å². The monoisotopic (exact) mass is 412 g/mol. The summed E-state index contributed by atoms with van der Waals surface area (Å²) >= 11 is 7.08. The summed E-state index contributed by atoms with van der Waals surface area (Å²) < 4.78 is 7.86. The molecule has 21 heavy (non-hydrogen) atoms. The Morgan fingerprint density at radius 1 is 1.10 bits per heavy atom. The number of rotatable bonds is 6. The van der Waals surface area contributed by atoms with E-state index in [0.29, 0.717) is 6.54 Å². The summed E-state index contributed by atoms with van der Waals surface area (Å²) in [5, 5.41) is 0. The molecule has 5 heteroatoms. The van der Waals surface area contributed by atoms with E-state index >= 15 is 0 Å². The standard InChI is InChI=1S/C16H18Br2N2O/c1-11(2)21-16-12(8-13(17)9-15(16)18)10-19-20-14-6-4-3-5-7-14/h3-9,11,19-20H,10H2,1-2H3. The molecule has 112 valence electrons. The highest BCUT2D eigenvalue weighted by Gasteiger charge is 2.11. The van der Waals surface area contributed by atoms with E-state index in [1.54, 1.807) is 0 Å². The zero-order valence-electron chi connectivity index (χ0n) is 12.0. The van der Waals surface area contributed by atoms with E-state index in [2.05, 4.69) is 48.8 Å². The van der Waals surface area contributed by atoms with Crippen molar-refractivity contribution in [1.82, 2.24) is 5.43 Å². The summed E-state index contributed by atoms with van der Waals surface area (Å²) in [6.45, 7) is 4.69. The first-order valence-electron chi connectivity index (χ1n) is 6.74. The van der Waals surface area contributed by atoms with Crippen LogP contribution in [0.5, 0.6) is 5.75 Å². The molecule has 3 nitrogen and oxygen atoms in total. The number of hydrogen-bond acceptors (Lipinski definition) is 3. The average molecular weight is 414 g/mol. The van der Waals surface area contributed by atoms with Crippen LogP contribution < -0.4 is 15.6 Å². The lowest BCUT2D eigenvalue weighted by Crippen LogP contribution is -2.21. The average Bonchev–Trinajstić information content (AvgIpc) is 2.43. The van der Waals surface area contributed by atoms with Crippen LogP contribution in [0.3, 0.4) is 0 Å². The zero-order chi connectivity index (χ0) is 15.2. The lowest BCUT2D eigenvalue weighted by atomic mass is 10.2. The van der Waals surface area contributed by atoms with Crippen molar-refractivity contribution < 1.29 is 4.74 Å². The molecule has 0 fully saturated rings. The van der Waals surface area contributed by atoms with Gasteiger partial charge in [-0.05, 0) is 54.0 Å². The lowest BCUT2D eigenvalue weighted by molar-refractivity contribution is 0.238. The maximum absolute atomic E-state index is 5.90. The van der Waals surface area contributed by atoms with Gasteiger partial charge in [-0.25, -0.2) is 5.43 Å². The molecule has 0 radical (unpaired) electrons. The van der Waals surface area contributed by atoms with E-state index in [1.807, 2.05) is 50.2 Å². The van der Waals surface area contributed by atoms with Gasteiger partial charge in [-0.2, -0.15) is 0 Å². The Bertz CT molecular complexity index is 588. The predicted molar refractivity (Wildman–Crippen MR) is 94.5 cm³/mol. The fraction of sp³-hybridized carbons (Fsp3) is 0.250. The summed E-state index contributed by atoms with van der Waals surface area (Å²) in [6.07, 6.45) is 0.128. The van der Waals surface area contributed by atoms with Gasteiger partial charge in [0.05, 0.1) is 10.6 Å². The normalized spacial score (nSPS) is 10.7. The molecule has 0 saturated heterocycles. The van der Waals surface area contributed by atoms with Crippen LogP contribution in [0.4, 0.5) is 5.69 Å². The number of para-hydroxylation sites is 1. The van der Waals surface area contributed by atoms with E-state index in [9.17, 15) is 0 Å². The minimum Gasteiger partial charge on any atom is -0.489 e. The van der Waals surface area contributed by atoms with Gasteiger partial charge in [0.2, 0.25) is 0 Å². The molecule has 2 aromatic rings. The molecule has 2 aromatic carbocycles. The van der Waals surface area contributed by atoms with Gasteiger partial charge in [0.15, 0.2) is 0 Å². The van der Waals surface area contributed by atoms with Gasteiger partial charge in [-0.15, -0.1) is 0 Å². The maximum Gasteiger partial charge on any atom is 0.138 e. The molecule has 0 unspecified atom stereocenters. The Morgan fingerprint density at radius 2 is 1.81 bits per heavy atom. The SMILES string of the molecule is CC(C)Oc1c(Br)cc(Br)cc1CNNc1ccccc1. The fourth-order valence-corrected chi connectivity index (χ4v) is 3.28. The molecule has 0 atom stereocenters. The van der Waals surface area contributed by atoms with Crippen molar-refractivity contribution in [3.8, 4) is 5.75 Å². The van der Waals surface area contributed by atoms with Crippen LogP contribution in [-0.4, -0.2) is 6.10 Å². The Balaban J connectivity index is 2.07. The Kier molecular flexibility index (Phi) is 6.08. The summed E-state index contributed by atoms with van der Waals surface area (Å²) in [7, 11) is 0. The van der Waals surface area contributed by atoms with Crippen LogP contribution in [0.15, 0.2) is 51.4 Å². The van der Waals surface area contributed by atoms with Gasteiger partial charge in [-0.3, -0.25) is 0 Å². The van der Waals surface area contributed by atoms with Crippen molar-refractivity contribution >= 4 is 37.5 Å². The largest absolute Gasteiger partial charge is 0.489 e. The van der Waals surface area contributed by atoms with Crippen LogP contribution >= 0.6 is 31.9 Å². The van der Waals surface area contributed by atoms with Crippen molar-refractivity contribution in [2.75, 3.05) is 5.43 Å². The first-order valence-corrected chi connectivity index (χ1v) is 8.33. The van der Waals surface area contributed by atoms with Crippen LogP contribution in [0.1, 0.15) is 19.4 Å². The predicted octanol–water partition coefficient (Wildman–Crippen LogP) is 5.12. The molecule has 0 bridgehead atoms. The van der Waals surface area contributed by atoms with Crippen molar-refractivity contribution in [1.29, 1.82) is 0 Å². The summed E-state index contributed by atoms with van der Waals surface area (Å²) in [6, 6.07) is 14.0. The molecule has 0 spiro atoms. The number of hydrazine groups is 1. The van der Waals surface area contributed by atoms with Crippen molar-refractivity contribution in [3.05, 3.63) is 57.0 Å². The molecule has 0 aliphatic carbocycles. The molecule has 0 saturated carbocycles. The van der Waals surface area contributed by atoms with Gasteiger partial charge in [0, 0.05) is 22.3 Å².